The third-order valence-electron chi connectivity index (χ3n) is 5.16. The lowest BCUT2D eigenvalue weighted by molar-refractivity contribution is 0.261. The van der Waals surface area contributed by atoms with Crippen molar-refractivity contribution < 1.29 is 14.9 Å². The van der Waals surface area contributed by atoms with Crippen molar-refractivity contribution >= 4 is 17.5 Å². The minimum Gasteiger partial charge on any atom is -0.508 e. The molecule has 0 unspecified atom stereocenters. The van der Waals surface area contributed by atoms with Crippen molar-refractivity contribution in [3.63, 3.8) is 0 Å². The molecule has 0 atom stereocenters. The van der Waals surface area contributed by atoms with Gasteiger partial charge in [0, 0.05) is 24.5 Å². The predicted molar refractivity (Wildman–Crippen MR) is 121 cm³/mol. The highest BCUT2D eigenvalue weighted by molar-refractivity contribution is 5.93. The van der Waals surface area contributed by atoms with Crippen LogP contribution in [0.5, 0.6) is 17.2 Å². The van der Waals surface area contributed by atoms with E-state index >= 15 is 0 Å². The summed E-state index contributed by atoms with van der Waals surface area (Å²) >= 11 is 0. The van der Waals surface area contributed by atoms with E-state index in [-0.39, 0.29) is 11.5 Å². The van der Waals surface area contributed by atoms with Crippen molar-refractivity contribution in [3.05, 3.63) is 83.4 Å². The van der Waals surface area contributed by atoms with E-state index in [9.17, 15) is 10.2 Å². The number of nitrogens with zero attached hydrogens (tertiary/aromatic N) is 2. The van der Waals surface area contributed by atoms with E-state index in [1.54, 1.807) is 18.2 Å². The number of phenolic OH excluding ortho intramolecular Hbond substituents is 2. The molecule has 0 radical (unpaired) electrons. The third kappa shape index (κ3) is 4.42. The largest absolute Gasteiger partial charge is 0.508 e. The van der Waals surface area contributed by atoms with Gasteiger partial charge in [0.2, 0.25) is 0 Å². The Morgan fingerprint density at radius 2 is 1.60 bits per heavy atom. The summed E-state index contributed by atoms with van der Waals surface area (Å²) in [7, 11) is 4.05. The normalized spacial score (nSPS) is 13.2. The summed E-state index contributed by atoms with van der Waals surface area (Å²) in [5.74, 6) is 1.34. The van der Waals surface area contributed by atoms with Gasteiger partial charge in [-0.1, -0.05) is 6.07 Å². The summed E-state index contributed by atoms with van der Waals surface area (Å²) in [4.78, 5) is 4.29. The van der Waals surface area contributed by atoms with E-state index in [1.807, 2.05) is 62.6 Å². The summed E-state index contributed by atoms with van der Waals surface area (Å²) < 4.78 is 5.82. The Kier molecular flexibility index (Phi) is 5.63. The fourth-order valence-corrected chi connectivity index (χ4v) is 3.52. The van der Waals surface area contributed by atoms with Gasteiger partial charge in [-0.05, 0) is 97.5 Å². The maximum absolute atomic E-state index is 9.93. The summed E-state index contributed by atoms with van der Waals surface area (Å²) in [6, 6.07) is 20.7. The molecule has 5 nitrogen and oxygen atoms in total. The lowest BCUT2D eigenvalue weighted by atomic mass is 9.97. The monoisotopic (exact) mass is 402 g/mol. The Bertz CT molecular complexity index is 1040. The quantitative estimate of drug-likeness (QED) is 0.633. The molecule has 3 aromatic carbocycles. The van der Waals surface area contributed by atoms with Gasteiger partial charge in [-0.15, -0.1) is 0 Å². The van der Waals surface area contributed by atoms with Crippen LogP contribution in [0.2, 0.25) is 0 Å². The van der Waals surface area contributed by atoms with Crippen molar-refractivity contribution in [2.45, 2.75) is 6.54 Å². The van der Waals surface area contributed by atoms with Gasteiger partial charge < -0.3 is 24.7 Å². The van der Waals surface area contributed by atoms with Crippen LogP contribution in [0.3, 0.4) is 0 Å². The highest BCUT2D eigenvalue weighted by atomic mass is 16.5. The first kappa shape index (κ1) is 19.9. The Balaban J connectivity index is 1.65. The van der Waals surface area contributed by atoms with Crippen LogP contribution in [-0.4, -0.2) is 42.4 Å². The van der Waals surface area contributed by atoms with Crippen LogP contribution in [0.15, 0.2) is 66.7 Å². The number of aromatic hydroxyl groups is 2. The lowest BCUT2D eigenvalue weighted by Gasteiger charge is -2.32. The van der Waals surface area contributed by atoms with Crippen LogP contribution in [-0.2, 0) is 6.54 Å². The first-order valence-electron chi connectivity index (χ1n) is 9.98. The number of fused-ring (bicyclic) bond motifs is 1. The number of ether oxygens (including phenoxy) is 1. The Hall–Kier alpha value is -3.44. The molecule has 30 heavy (non-hydrogen) atoms. The van der Waals surface area contributed by atoms with Crippen molar-refractivity contribution in [2.24, 2.45) is 0 Å². The van der Waals surface area contributed by atoms with Gasteiger partial charge in [0.05, 0.1) is 0 Å². The molecule has 4 rings (SSSR count). The maximum Gasteiger partial charge on any atom is 0.119 e. The zero-order valence-electron chi connectivity index (χ0n) is 17.2. The number of anilines is 1. The van der Waals surface area contributed by atoms with E-state index in [0.717, 1.165) is 40.4 Å². The predicted octanol–water partition coefficient (Wildman–Crippen LogP) is 4.56. The SMILES string of the molecule is CN(C)CCOc1ccc(N2Cc3cc(O)ccc3C=C2c2ccc(O)cc2)cc1. The Morgan fingerprint density at radius 1 is 0.900 bits per heavy atom. The molecule has 5 heteroatoms. The van der Waals surface area contributed by atoms with Gasteiger partial charge in [-0.25, -0.2) is 0 Å². The van der Waals surface area contributed by atoms with Crippen molar-refractivity contribution in [3.8, 4) is 17.2 Å². The van der Waals surface area contributed by atoms with Crippen molar-refractivity contribution in [1.29, 1.82) is 0 Å². The fraction of sp³-hybridized carbons (Fsp3) is 0.200. The minimum atomic E-state index is 0.242. The standard InChI is InChI=1S/C25H26N2O3/c1-26(2)13-14-30-24-11-6-21(7-12-24)27-17-20-15-23(29)10-5-19(20)16-25(27)18-3-8-22(28)9-4-18/h3-12,15-16,28-29H,13-14,17H2,1-2H3. The first-order valence-corrected chi connectivity index (χ1v) is 9.98. The van der Waals surface area contributed by atoms with Gasteiger partial charge in [-0.3, -0.25) is 0 Å². The van der Waals surface area contributed by atoms with Crippen molar-refractivity contribution in [2.75, 3.05) is 32.1 Å². The fourth-order valence-electron chi connectivity index (χ4n) is 3.52. The average Bonchev–Trinajstić information content (AvgIpc) is 2.74. The summed E-state index contributed by atoms with van der Waals surface area (Å²) in [5, 5.41) is 19.6. The van der Waals surface area contributed by atoms with Gasteiger partial charge in [-0.2, -0.15) is 0 Å². The number of likely N-dealkylation sites (N-methyl/N-ethyl adjacent to an activating group) is 1. The summed E-state index contributed by atoms with van der Waals surface area (Å²) in [6.45, 7) is 2.14. The van der Waals surface area contributed by atoms with Crippen molar-refractivity contribution in [1.82, 2.24) is 4.90 Å². The second-order valence-corrected chi connectivity index (χ2v) is 7.69. The van der Waals surface area contributed by atoms with E-state index in [1.165, 1.54) is 0 Å². The zero-order chi connectivity index (χ0) is 21.1. The molecule has 0 aromatic heterocycles. The van der Waals surface area contributed by atoms with Crippen LogP contribution in [0.25, 0.3) is 11.8 Å². The molecule has 0 spiro atoms. The number of hydrogen-bond donors (Lipinski definition) is 2. The van der Waals surface area contributed by atoms with Gasteiger partial charge in [0.25, 0.3) is 0 Å². The van der Waals surface area contributed by atoms with E-state index in [2.05, 4.69) is 15.9 Å². The number of phenols is 2. The van der Waals surface area contributed by atoms with Gasteiger partial charge >= 0.3 is 0 Å². The first-order chi connectivity index (χ1) is 14.5. The molecule has 2 N–H and O–H groups in total. The molecule has 0 amide bonds. The van der Waals surface area contributed by atoms with E-state index in [0.29, 0.717) is 13.2 Å². The number of rotatable bonds is 6. The highest BCUT2D eigenvalue weighted by Crippen LogP contribution is 2.37. The maximum atomic E-state index is 9.93. The zero-order valence-corrected chi connectivity index (χ0v) is 17.2. The molecular formula is C25H26N2O3. The van der Waals surface area contributed by atoms with Crippen LogP contribution in [0.1, 0.15) is 16.7 Å². The van der Waals surface area contributed by atoms with Crippen LogP contribution < -0.4 is 9.64 Å². The summed E-state index contributed by atoms with van der Waals surface area (Å²) in [5.41, 5.74) is 5.22. The minimum absolute atomic E-state index is 0.242. The molecule has 0 fully saturated rings. The molecule has 0 saturated carbocycles. The number of benzene rings is 3. The second kappa shape index (κ2) is 8.51. The molecular weight excluding hydrogens is 376 g/mol. The molecule has 0 saturated heterocycles. The molecule has 1 aliphatic heterocycles. The molecule has 0 aliphatic carbocycles. The molecule has 0 bridgehead atoms. The molecule has 154 valence electrons. The van der Waals surface area contributed by atoms with Crippen LogP contribution in [0, 0.1) is 0 Å². The lowest BCUT2D eigenvalue weighted by Crippen LogP contribution is -2.24. The van der Waals surface area contributed by atoms with Crippen LogP contribution >= 0.6 is 0 Å². The number of hydrogen-bond acceptors (Lipinski definition) is 5. The Labute approximate surface area is 177 Å². The molecule has 3 aromatic rings. The van der Waals surface area contributed by atoms with E-state index in [4.69, 9.17) is 4.74 Å². The third-order valence-corrected chi connectivity index (χ3v) is 5.16. The summed E-state index contributed by atoms with van der Waals surface area (Å²) in [6.07, 6.45) is 2.12. The molecule has 1 heterocycles. The Morgan fingerprint density at radius 3 is 2.30 bits per heavy atom. The van der Waals surface area contributed by atoms with Crippen LogP contribution in [0.4, 0.5) is 5.69 Å². The molecule has 1 aliphatic rings. The second-order valence-electron chi connectivity index (χ2n) is 7.69. The highest BCUT2D eigenvalue weighted by Gasteiger charge is 2.21. The topological polar surface area (TPSA) is 56.2 Å². The van der Waals surface area contributed by atoms with Gasteiger partial charge in [0.1, 0.15) is 23.9 Å². The van der Waals surface area contributed by atoms with E-state index < -0.39 is 0 Å². The average molecular weight is 402 g/mol. The van der Waals surface area contributed by atoms with Gasteiger partial charge in [0.15, 0.2) is 0 Å². The smallest absolute Gasteiger partial charge is 0.119 e.